The smallest absolute Gasteiger partial charge is 0.457 e. The predicted octanol–water partition coefficient (Wildman–Crippen LogP) is 5.28. The third-order valence-electron chi connectivity index (χ3n) is 6.78. The van der Waals surface area contributed by atoms with Gasteiger partial charge < -0.3 is 34.9 Å². The van der Waals surface area contributed by atoms with Gasteiger partial charge in [-0.2, -0.15) is 0 Å². The van der Waals surface area contributed by atoms with Crippen molar-refractivity contribution < 1.29 is 32.2 Å². The molecule has 43 heavy (non-hydrogen) atoms. The van der Waals surface area contributed by atoms with Crippen molar-refractivity contribution in [3.63, 3.8) is 0 Å². The molecule has 4 aromatic rings. The van der Waals surface area contributed by atoms with Gasteiger partial charge in [0.05, 0.1) is 11.0 Å². The van der Waals surface area contributed by atoms with Gasteiger partial charge in [-0.15, -0.1) is 13.2 Å². The molecule has 1 fully saturated rings. The largest absolute Gasteiger partial charge is 0.573 e. The fraction of sp³-hybridized carbons (Fsp3) is 0.310. The maximum absolute atomic E-state index is 12.8. The molecule has 11 nitrogen and oxygen atoms in total. The van der Waals surface area contributed by atoms with Crippen molar-refractivity contribution >= 4 is 34.6 Å². The highest BCUT2D eigenvalue weighted by Gasteiger charge is 2.32. The number of hydrogen-bond acceptors (Lipinski definition) is 7. The fourth-order valence-corrected chi connectivity index (χ4v) is 4.63. The molecule has 2 aromatic heterocycles. The number of hydrogen-bond donors (Lipinski definition) is 3. The van der Waals surface area contributed by atoms with Crippen LogP contribution in [0.25, 0.3) is 11.0 Å². The van der Waals surface area contributed by atoms with Gasteiger partial charge in [0.1, 0.15) is 22.9 Å². The molecule has 1 saturated heterocycles. The van der Waals surface area contributed by atoms with E-state index in [4.69, 9.17) is 4.74 Å². The third kappa shape index (κ3) is 7.08. The first-order chi connectivity index (χ1) is 20.5. The van der Waals surface area contributed by atoms with Gasteiger partial charge in [-0.3, -0.25) is 9.78 Å². The van der Waals surface area contributed by atoms with Crippen LogP contribution in [0.2, 0.25) is 0 Å². The van der Waals surface area contributed by atoms with Crippen molar-refractivity contribution in [3.05, 3.63) is 66.0 Å². The molecule has 226 valence electrons. The molecule has 3 amide bonds. The van der Waals surface area contributed by atoms with Crippen LogP contribution in [0, 0.1) is 0 Å². The van der Waals surface area contributed by atoms with Crippen LogP contribution < -0.4 is 25.4 Å². The number of fused-ring (bicyclic) bond motifs is 1. The molecular formula is C29H30F3N7O4. The second-order valence-corrected chi connectivity index (χ2v) is 10.2. The van der Waals surface area contributed by atoms with Gasteiger partial charge in [-0.05, 0) is 47.9 Å². The third-order valence-corrected chi connectivity index (χ3v) is 6.78. The van der Waals surface area contributed by atoms with Crippen molar-refractivity contribution in [2.24, 2.45) is 7.05 Å². The summed E-state index contributed by atoms with van der Waals surface area (Å²) in [7, 11) is 1.81. The molecule has 0 bridgehead atoms. The number of aromatic nitrogens is 3. The number of rotatable bonds is 10. The van der Waals surface area contributed by atoms with Crippen molar-refractivity contribution in [3.8, 4) is 17.2 Å². The number of amides is 3. The molecule has 0 spiro atoms. The first kappa shape index (κ1) is 29.5. The van der Waals surface area contributed by atoms with Gasteiger partial charge in [0, 0.05) is 57.2 Å². The highest BCUT2D eigenvalue weighted by atomic mass is 19.4. The van der Waals surface area contributed by atoms with Crippen LogP contribution in [0.1, 0.15) is 35.8 Å². The number of pyridine rings is 1. The quantitative estimate of drug-likeness (QED) is 0.227. The van der Waals surface area contributed by atoms with Crippen molar-refractivity contribution in [2.75, 3.05) is 31.5 Å². The van der Waals surface area contributed by atoms with Crippen LogP contribution >= 0.6 is 0 Å². The van der Waals surface area contributed by atoms with E-state index in [1.807, 2.05) is 17.7 Å². The number of urea groups is 1. The molecule has 1 aliphatic rings. The summed E-state index contributed by atoms with van der Waals surface area (Å²) in [6.45, 7) is 5.44. The number of ether oxygens (including phenoxy) is 2. The number of aryl methyl sites for hydroxylation is 1. The zero-order valence-electron chi connectivity index (χ0n) is 23.7. The van der Waals surface area contributed by atoms with Crippen molar-refractivity contribution in [2.45, 2.75) is 26.1 Å². The lowest BCUT2D eigenvalue weighted by molar-refractivity contribution is -0.274. The van der Waals surface area contributed by atoms with Crippen LogP contribution in [0.5, 0.6) is 17.2 Å². The summed E-state index contributed by atoms with van der Waals surface area (Å²) in [5.74, 6) is 0.505. The van der Waals surface area contributed by atoms with E-state index < -0.39 is 6.36 Å². The second-order valence-electron chi connectivity index (χ2n) is 10.2. The lowest BCUT2D eigenvalue weighted by Crippen LogP contribution is -2.37. The van der Waals surface area contributed by atoms with Gasteiger partial charge in [-0.25, -0.2) is 9.78 Å². The fourth-order valence-electron chi connectivity index (χ4n) is 4.63. The number of carbonyl (C=O) groups is 2. The summed E-state index contributed by atoms with van der Waals surface area (Å²) in [5.41, 5.74) is 2.53. The van der Waals surface area contributed by atoms with E-state index in [0.717, 1.165) is 5.52 Å². The molecule has 1 aliphatic heterocycles. The Labute approximate surface area is 245 Å². The second kappa shape index (κ2) is 12.1. The van der Waals surface area contributed by atoms with Gasteiger partial charge >= 0.3 is 12.4 Å². The van der Waals surface area contributed by atoms with Crippen molar-refractivity contribution in [1.29, 1.82) is 0 Å². The Morgan fingerprint density at radius 3 is 2.63 bits per heavy atom. The Morgan fingerprint density at radius 1 is 1.12 bits per heavy atom. The number of imidazole rings is 1. The van der Waals surface area contributed by atoms with Crippen LogP contribution in [-0.4, -0.2) is 63.9 Å². The summed E-state index contributed by atoms with van der Waals surface area (Å²) in [4.78, 5) is 34.6. The molecule has 0 aliphatic carbocycles. The van der Waals surface area contributed by atoms with E-state index in [0.29, 0.717) is 53.8 Å². The normalized spacial score (nSPS) is 13.4. The van der Waals surface area contributed by atoms with Gasteiger partial charge in [-0.1, -0.05) is 13.8 Å². The Morgan fingerprint density at radius 2 is 1.91 bits per heavy atom. The van der Waals surface area contributed by atoms with Crippen LogP contribution in [0.15, 0.2) is 54.7 Å². The molecule has 14 heteroatoms. The summed E-state index contributed by atoms with van der Waals surface area (Å²) in [5, 5.41) is 8.64. The zero-order valence-corrected chi connectivity index (χ0v) is 23.7. The molecule has 0 atom stereocenters. The minimum Gasteiger partial charge on any atom is -0.457 e. The van der Waals surface area contributed by atoms with Crippen LogP contribution in [0.4, 0.5) is 29.6 Å². The van der Waals surface area contributed by atoms with E-state index in [2.05, 4.69) is 30.7 Å². The Hall–Kier alpha value is -5.01. The first-order valence-corrected chi connectivity index (χ1v) is 13.5. The molecule has 0 unspecified atom stereocenters. The highest BCUT2D eigenvalue weighted by Crippen LogP contribution is 2.35. The van der Waals surface area contributed by atoms with Gasteiger partial charge in [0.2, 0.25) is 5.95 Å². The standard InChI is InChI=1S/C29H30F3N7O4/c1-17(2)21-14-18(4-7-25(21)43-29(30,31)32)36-27-37-22-15-19(5-6-24(22)38(27)3)42-20-8-9-33-23(16-20)26(40)34-10-12-39-13-11-35-28(39)41/h4-9,14-17H,10-13H2,1-3H3,(H,34,40)(H,35,41)(H,36,37). The summed E-state index contributed by atoms with van der Waals surface area (Å²) in [6.07, 6.45) is -3.32. The maximum atomic E-state index is 12.8. The first-order valence-electron chi connectivity index (χ1n) is 13.5. The average molecular weight is 598 g/mol. The molecular weight excluding hydrogens is 567 g/mol. The highest BCUT2D eigenvalue weighted by molar-refractivity contribution is 5.92. The zero-order chi connectivity index (χ0) is 30.7. The van der Waals surface area contributed by atoms with E-state index in [9.17, 15) is 22.8 Å². The molecule has 3 N–H and O–H groups in total. The van der Waals surface area contributed by atoms with Gasteiger partial charge in [0.15, 0.2) is 0 Å². The predicted molar refractivity (Wildman–Crippen MR) is 153 cm³/mol. The summed E-state index contributed by atoms with van der Waals surface area (Å²) in [6, 6.07) is 12.7. The molecule has 5 rings (SSSR count). The van der Waals surface area contributed by atoms with E-state index in [1.54, 1.807) is 43.0 Å². The van der Waals surface area contributed by atoms with Crippen LogP contribution in [-0.2, 0) is 7.05 Å². The average Bonchev–Trinajstić information content (AvgIpc) is 3.50. The number of nitrogens with zero attached hydrogens (tertiary/aromatic N) is 4. The SMILES string of the molecule is CC(C)c1cc(Nc2nc3cc(Oc4ccnc(C(=O)NCCN5CCNC5=O)c4)ccc3n2C)ccc1OC(F)(F)F. The maximum Gasteiger partial charge on any atom is 0.573 e. The van der Waals surface area contributed by atoms with Crippen molar-refractivity contribution in [1.82, 2.24) is 30.1 Å². The molecule has 0 radical (unpaired) electrons. The van der Waals surface area contributed by atoms with E-state index in [1.165, 1.54) is 24.4 Å². The van der Waals surface area contributed by atoms with E-state index in [-0.39, 0.29) is 35.8 Å². The monoisotopic (exact) mass is 597 g/mol. The minimum absolute atomic E-state index is 0.149. The number of benzene rings is 2. The Balaban J connectivity index is 1.27. The number of carbonyl (C=O) groups excluding carboxylic acids is 2. The summed E-state index contributed by atoms with van der Waals surface area (Å²) >= 11 is 0. The molecule has 3 heterocycles. The topological polar surface area (TPSA) is 123 Å². The Kier molecular flexibility index (Phi) is 8.28. The lowest BCUT2D eigenvalue weighted by atomic mass is 10.0. The van der Waals surface area contributed by atoms with E-state index >= 15 is 0 Å². The van der Waals surface area contributed by atoms with Crippen LogP contribution in [0.3, 0.4) is 0 Å². The number of halogens is 3. The molecule has 0 saturated carbocycles. The summed E-state index contributed by atoms with van der Waals surface area (Å²) < 4.78 is 50.5. The number of alkyl halides is 3. The minimum atomic E-state index is -4.78. The Bertz CT molecular complexity index is 1660. The van der Waals surface area contributed by atoms with Gasteiger partial charge in [0.25, 0.3) is 5.91 Å². The number of anilines is 2. The lowest BCUT2D eigenvalue weighted by Gasteiger charge is -2.17. The molecule has 2 aromatic carbocycles. The number of nitrogens with one attached hydrogen (secondary N) is 3.